The monoisotopic (exact) mass is 226 g/mol. The van der Waals surface area contributed by atoms with Gasteiger partial charge in [-0.25, -0.2) is 0 Å². The molecule has 2 fully saturated rings. The van der Waals surface area contributed by atoms with Gasteiger partial charge in [0.2, 0.25) is 0 Å². The first-order chi connectivity index (χ1) is 7.74. The summed E-state index contributed by atoms with van der Waals surface area (Å²) in [6, 6.07) is 0.748. The summed E-state index contributed by atoms with van der Waals surface area (Å²) >= 11 is 0. The lowest BCUT2D eigenvalue weighted by Crippen LogP contribution is -2.60. The molecule has 94 valence electrons. The van der Waals surface area contributed by atoms with E-state index in [0.717, 1.165) is 32.2 Å². The van der Waals surface area contributed by atoms with E-state index in [1.807, 2.05) is 0 Å². The summed E-state index contributed by atoms with van der Waals surface area (Å²) < 4.78 is 5.78. The van der Waals surface area contributed by atoms with E-state index in [1.165, 1.54) is 25.7 Å². The van der Waals surface area contributed by atoms with Gasteiger partial charge in [-0.1, -0.05) is 19.8 Å². The van der Waals surface area contributed by atoms with Crippen molar-refractivity contribution >= 4 is 0 Å². The average molecular weight is 226 g/mol. The Labute approximate surface area is 99.3 Å². The van der Waals surface area contributed by atoms with Crippen LogP contribution in [0.15, 0.2) is 0 Å². The first-order valence-electron chi connectivity index (χ1n) is 6.83. The Morgan fingerprint density at radius 3 is 2.50 bits per heavy atom. The molecule has 1 saturated carbocycles. The van der Waals surface area contributed by atoms with Crippen LogP contribution in [0.5, 0.6) is 0 Å². The second-order valence-electron chi connectivity index (χ2n) is 5.30. The Morgan fingerprint density at radius 1 is 1.38 bits per heavy atom. The fourth-order valence-electron chi connectivity index (χ4n) is 3.69. The molecule has 0 aromatic carbocycles. The highest BCUT2D eigenvalue weighted by molar-refractivity contribution is 5.02. The Hall–Kier alpha value is -0.120. The standard InChI is InChI=1S/C13H26N2O/c1-3-15(12-6-4-5-7-12)13(10-14)8-9-16-11(13)2/h11-12H,3-10,14H2,1-2H3. The van der Waals surface area contributed by atoms with Crippen LogP contribution in [-0.2, 0) is 4.74 Å². The van der Waals surface area contributed by atoms with Crippen LogP contribution in [0.2, 0.25) is 0 Å². The van der Waals surface area contributed by atoms with Crippen LogP contribution in [0.25, 0.3) is 0 Å². The lowest BCUT2D eigenvalue weighted by molar-refractivity contribution is -0.00613. The molecule has 3 heteroatoms. The van der Waals surface area contributed by atoms with Crippen LogP contribution in [0, 0.1) is 0 Å². The second-order valence-corrected chi connectivity index (χ2v) is 5.30. The van der Waals surface area contributed by atoms with E-state index < -0.39 is 0 Å². The van der Waals surface area contributed by atoms with Gasteiger partial charge >= 0.3 is 0 Å². The molecule has 2 rings (SSSR count). The van der Waals surface area contributed by atoms with Crippen LogP contribution in [0.4, 0.5) is 0 Å². The van der Waals surface area contributed by atoms with Crippen molar-refractivity contribution in [3.63, 3.8) is 0 Å². The Kier molecular flexibility index (Phi) is 3.88. The van der Waals surface area contributed by atoms with Crippen LogP contribution in [0.3, 0.4) is 0 Å². The molecule has 0 aromatic rings. The molecule has 1 saturated heterocycles. The number of ether oxygens (including phenoxy) is 1. The van der Waals surface area contributed by atoms with Crippen molar-refractivity contribution in [2.24, 2.45) is 5.73 Å². The summed E-state index contributed by atoms with van der Waals surface area (Å²) in [6.45, 7) is 7.17. The highest BCUT2D eigenvalue weighted by atomic mass is 16.5. The molecule has 0 radical (unpaired) electrons. The van der Waals surface area contributed by atoms with Crippen molar-refractivity contribution in [1.82, 2.24) is 4.90 Å². The normalized spacial score (nSPS) is 36.4. The Bertz CT molecular complexity index is 228. The zero-order valence-corrected chi connectivity index (χ0v) is 10.7. The van der Waals surface area contributed by atoms with E-state index in [-0.39, 0.29) is 11.6 Å². The van der Waals surface area contributed by atoms with E-state index in [1.54, 1.807) is 0 Å². The number of hydrogen-bond acceptors (Lipinski definition) is 3. The molecular weight excluding hydrogens is 200 g/mol. The van der Waals surface area contributed by atoms with Crippen LogP contribution in [0.1, 0.15) is 46.0 Å². The van der Waals surface area contributed by atoms with Crippen molar-refractivity contribution in [1.29, 1.82) is 0 Å². The summed E-state index contributed by atoms with van der Waals surface area (Å²) in [5.74, 6) is 0. The van der Waals surface area contributed by atoms with E-state index >= 15 is 0 Å². The summed E-state index contributed by atoms with van der Waals surface area (Å²) in [4.78, 5) is 2.65. The van der Waals surface area contributed by atoms with E-state index in [9.17, 15) is 0 Å². The third-order valence-electron chi connectivity index (χ3n) is 4.69. The predicted octanol–water partition coefficient (Wildman–Crippen LogP) is 1.76. The maximum Gasteiger partial charge on any atom is 0.0743 e. The summed E-state index contributed by atoms with van der Waals surface area (Å²) in [6.07, 6.45) is 6.87. The Balaban J connectivity index is 2.16. The van der Waals surface area contributed by atoms with Gasteiger partial charge in [0.15, 0.2) is 0 Å². The lowest BCUT2D eigenvalue weighted by Gasteiger charge is -2.45. The number of nitrogens with two attached hydrogens (primary N) is 1. The number of hydrogen-bond donors (Lipinski definition) is 1. The number of rotatable bonds is 4. The molecule has 1 heterocycles. The maximum atomic E-state index is 6.08. The van der Waals surface area contributed by atoms with Crippen LogP contribution < -0.4 is 5.73 Å². The van der Waals surface area contributed by atoms with Gasteiger partial charge in [0.1, 0.15) is 0 Å². The first kappa shape index (κ1) is 12.3. The SMILES string of the molecule is CCN(C1CCCC1)C1(CN)CCOC1C. The van der Waals surface area contributed by atoms with Gasteiger partial charge in [-0.2, -0.15) is 0 Å². The fourth-order valence-corrected chi connectivity index (χ4v) is 3.69. The zero-order valence-electron chi connectivity index (χ0n) is 10.7. The van der Waals surface area contributed by atoms with Gasteiger partial charge in [-0.3, -0.25) is 4.90 Å². The molecule has 1 aliphatic heterocycles. The lowest BCUT2D eigenvalue weighted by atomic mass is 9.88. The van der Waals surface area contributed by atoms with Crippen molar-refractivity contribution in [3.8, 4) is 0 Å². The van der Waals surface area contributed by atoms with E-state index in [0.29, 0.717) is 0 Å². The fraction of sp³-hybridized carbons (Fsp3) is 1.00. The molecule has 0 amide bonds. The molecule has 2 aliphatic rings. The topological polar surface area (TPSA) is 38.5 Å². The van der Waals surface area contributed by atoms with Crippen LogP contribution >= 0.6 is 0 Å². The first-order valence-corrected chi connectivity index (χ1v) is 6.83. The maximum absolute atomic E-state index is 6.08. The van der Waals surface area contributed by atoms with Crippen LogP contribution in [-0.4, -0.2) is 42.3 Å². The van der Waals surface area contributed by atoms with Gasteiger partial charge in [0.05, 0.1) is 11.6 Å². The largest absolute Gasteiger partial charge is 0.376 e. The summed E-state index contributed by atoms with van der Waals surface area (Å²) in [5.41, 5.74) is 6.20. The predicted molar refractivity (Wildman–Crippen MR) is 66.5 cm³/mol. The van der Waals surface area contributed by atoms with Gasteiger partial charge < -0.3 is 10.5 Å². The molecule has 16 heavy (non-hydrogen) atoms. The molecule has 0 spiro atoms. The van der Waals surface area contributed by atoms with E-state index in [2.05, 4.69) is 18.7 Å². The van der Waals surface area contributed by atoms with Crippen molar-refractivity contribution in [3.05, 3.63) is 0 Å². The molecule has 2 unspecified atom stereocenters. The minimum absolute atomic E-state index is 0.115. The smallest absolute Gasteiger partial charge is 0.0743 e. The Morgan fingerprint density at radius 2 is 2.06 bits per heavy atom. The molecule has 1 aliphatic carbocycles. The zero-order chi connectivity index (χ0) is 11.6. The van der Waals surface area contributed by atoms with Gasteiger partial charge in [-0.15, -0.1) is 0 Å². The highest BCUT2D eigenvalue weighted by Gasteiger charge is 2.47. The van der Waals surface area contributed by atoms with Crippen molar-refractivity contribution < 1.29 is 4.74 Å². The van der Waals surface area contributed by atoms with Crippen molar-refractivity contribution in [2.75, 3.05) is 19.7 Å². The summed E-state index contributed by atoms with van der Waals surface area (Å²) in [7, 11) is 0. The summed E-state index contributed by atoms with van der Waals surface area (Å²) in [5, 5.41) is 0. The number of nitrogens with zero attached hydrogens (tertiary/aromatic N) is 1. The molecule has 0 aromatic heterocycles. The minimum Gasteiger partial charge on any atom is -0.376 e. The third-order valence-corrected chi connectivity index (χ3v) is 4.69. The third kappa shape index (κ3) is 1.89. The van der Waals surface area contributed by atoms with Gasteiger partial charge in [0.25, 0.3) is 0 Å². The molecular formula is C13H26N2O. The van der Waals surface area contributed by atoms with Gasteiger partial charge in [0, 0.05) is 19.2 Å². The van der Waals surface area contributed by atoms with Crippen molar-refractivity contribution in [2.45, 2.75) is 63.6 Å². The van der Waals surface area contributed by atoms with Gasteiger partial charge in [-0.05, 0) is 32.7 Å². The molecule has 0 bridgehead atoms. The van der Waals surface area contributed by atoms with E-state index in [4.69, 9.17) is 10.5 Å². The number of likely N-dealkylation sites (N-methyl/N-ethyl adjacent to an activating group) is 1. The quantitative estimate of drug-likeness (QED) is 0.794. The average Bonchev–Trinajstić information content (AvgIpc) is 2.91. The molecule has 3 nitrogen and oxygen atoms in total. The minimum atomic E-state index is 0.115. The second kappa shape index (κ2) is 5.03. The molecule has 2 N–H and O–H groups in total. The molecule has 2 atom stereocenters. The highest BCUT2D eigenvalue weighted by Crippen LogP contribution is 2.36.